The number of thiophene rings is 1. The first-order valence-electron chi connectivity index (χ1n) is 14.8. The molecule has 0 unspecified atom stereocenters. The molecule has 258 valence electrons. The van der Waals surface area contributed by atoms with Gasteiger partial charge in [0, 0.05) is 88.1 Å². The minimum atomic E-state index is -4.91. The zero-order valence-electron chi connectivity index (χ0n) is 25.7. The summed E-state index contributed by atoms with van der Waals surface area (Å²) in [7, 11) is 0. The summed E-state index contributed by atoms with van der Waals surface area (Å²) in [5.74, 6) is -0.169. The van der Waals surface area contributed by atoms with Crippen LogP contribution < -0.4 is 21.6 Å². The van der Waals surface area contributed by atoms with E-state index in [2.05, 4.69) is 16.9 Å². The third kappa shape index (κ3) is 6.13. The van der Waals surface area contributed by atoms with E-state index in [0.29, 0.717) is 0 Å². The Kier molecular flexibility index (Phi) is 8.51. The van der Waals surface area contributed by atoms with Crippen molar-refractivity contribution in [3.63, 3.8) is 0 Å². The van der Waals surface area contributed by atoms with E-state index in [0.717, 1.165) is 29.2 Å². The summed E-state index contributed by atoms with van der Waals surface area (Å²) in [5.41, 5.74) is 2.65. The van der Waals surface area contributed by atoms with Crippen molar-refractivity contribution < 1.29 is 35.9 Å². The van der Waals surface area contributed by atoms with Crippen LogP contribution in [0.25, 0.3) is 22.0 Å². The number of amides is 3. The first-order valence-corrected chi connectivity index (χ1v) is 16.8. The molecule has 0 saturated carbocycles. The minimum absolute atomic E-state index is 0.0126. The molecule has 0 bridgehead atoms. The van der Waals surface area contributed by atoms with E-state index in [1.165, 1.54) is 26.3 Å². The summed E-state index contributed by atoms with van der Waals surface area (Å²) in [5, 5.41) is 5.30. The van der Waals surface area contributed by atoms with E-state index in [1.54, 1.807) is 23.6 Å². The number of rotatable bonds is 5. The van der Waals surface area contributed by atoms with Crippen LogP contribution in [0, 0.1) is 5.41 Å². The van der Waals surface area contributed by atoms with Crippen LogP contribution in [0.15, 0.2) is 39.2 Å². The van der Waals surface area contributed by atoms with Crippen LogP contribution in [0.2, 0.25) is 0 Å². The zero-order chi connectivity index (χ0) is 34.9. The number of likely N-dealkylation sites (tertiary alicyclic amines) is 1. The van der Waals surface area contributed by atoms with Crippen molar-refractivity contribution in [2.45, 2.75) is 49.7 Å². The topological polar surface area (TPSA) is 117 Å². The number of hydrogen-bond donors (Lipinski definition) is 2. The number of halogens is 6. The van der Waals surface area contributed by atoms with Gasteiger partial charge in [0.2, 0.25) is 5.91 Å². The molecule has 0 radical (unpaired) electrons. The molecule has 18 heteroatoms. The lowest BCUT2D eigenvalue weighted by atomic mass is 9.81. The minimum Gasteiger partial charge on any atom is -0.352 e. The maximum Gasteiger partial charge on any atom is 0.417 e. The van der Waals surface area contributed by atoms with Crippen LogP contribution >= 0.6 is 23.1 Å². The number of nitrogens with one attached hydrogen (secondary N) is 1. The molecule has 2 fully saturated rings. The van der Waals surface area contributed by atoms with Gasteiger partial charge in [-0.2, -0.15) is 31.3 Å². The fourth-order valence-electron chi connectivity index (χ4n) is 7.23. The number of urea groups is 1. The summed E-state index contributed by atoms with van der Waals surface area (Å²) in [6.45, 7) is 6.18. The molecule has 10 nitrogen and oxygen atoms in total. The van der Waals surface area contributed by atoms with Gasteiger partial charge in [0.05, 0.1) is 23.3 Å². The van der Waals surface area contributed by atoms with Crippen molar-refractivity contribution in [3.8, 4) is 11.1 Å². The van der Waals surface area contributed by atoms with Crippen LogP contribution in [-0.4, -0.2) is 88.0 Å². The van der Waals surface area contributed by atoms with E-state index in [-0.39, 0.29) is 82.8 Å². The molecule has 3 aromatic rings. The van der Waals surface area contributed by atoms with Crippen molar-refractivity contribution in [1.82, 2.24) is 19.4 Å². The van der Waals surface area contributed by atoms with Gasteiger partial charge in [-0.1, -0.05) is 6.58 Å². The summed E-state index contributed by atoms with van der Waals surface area (Å²) in [6, 6.07) is -0.850. The molecule has 3 aliphatic rings. The smallest absolute Gasteiger partial charge is 0.352 e. The number of aromatic nitrogens is 2. The lowest BCUT2D eigenvalue weighted by Gasteiger charge is -2.50. The second-order valence-electron chi connectivity index (χ2n) is 12.6. The maximum atomic E-state index is 15.1. The lowest BCUT2D eigenvalue weighted by Crippen LogP contribution is -2.61. The SMILES string of the molecule is C=CC(=O)N1[C@H](C)CN(c2nc(=O)n3c4c(c(-c5cscc5NC(N)=O)c(C(F)(F)F)cc24)SCC2(CN(CC(F)(F)F)C2)C3)C[C@@H]1C. The number of benzene rings is 1. The molecule has 0 aliphatic carbocycles. The molecule has 2 atom stereocenters. The standard InChI is InChI=1S/C30H31F6N7O3S2/c1-4-21(44)43-15(2)6-41(7-16(43)3)25-17-5-19(30(34,35)36)22(18-8-47-9-20(18)38-26(37)45)24-23(17)42(27(46)39-25)12-28(14-48-24)10-40(11-28)13-29(31,32)33/h4-5,8-9,15-16H,1,6-7,10-14H2,2-3H3,(H3,37,38,45)/t15-,16+. The number of anilines is 2. The van der Waals surface area contributed by atoms with Crippen LogP contribution in [0.1, 0.15) is 19.4 Å². The highest BCUT2D eigenvalue weighted by molar-refractivity contribution is 7.99. The molecule has 5 heterocycles. The quantitative estimate of drug-likeness (QED) is 0.275. The van der Waals surface area contributed by atoms with Crippen LogP contribution in [0.5, 0.6) is 0 Å². The summed E-state index contributed by atoms with van der Waals surface area (Å²) in [4.78, 5) is 47.2. The Bertz CT molecular complexity index is 1860. The zero-order valence-corrected chi connectivity index (χ0v) is 27.4. The van der Waals surface area contributed by atoms with Gasteiger partial charge in [0.25, 0.3) is 0 Å². The Hall–Kier alpha value is -3.77. The molecule has 2 saturated heterocycles. The molecule has 1 spiro atoms. The largest absolute Gasteiger partial charge is 0.417 e. The number of carbonyl (C=O) groups is 2. The Morgan fingerprint density at radius 3 is 2.38 bits per heavy atom. The van der Waals surface area contributed by atoms with Crippen molar-refractivity contribution in [2.75, 3.05) is 48.7 Å². The number of alkyl halides is 6. The number of primary amides is 1. The molecule has 3 amide bonds. The van der Waals surface area contributed by atoms with Gasteiger partial charge in [0.1, 0.15) is 5.82 Å². The van der Waals surface area contributed by atoms with Gasteiger partial charge in [-0.15, -0.1) is 23.1 Å². The maximum absolute atomic E-state index is 15.1. The van der Waals surface area contributed by atoms with Crippen LogP contribution in [-0.2, 0) is 17.5 Å². The monoisotopic (exact) mass is 715 g/mol. The normalized spacial score (nSPS) is 21.2. The molecule has 1 aromatic carbocycles. The Labute approximate surface area is 278 Å². The van der Waals surface area contributed by atoms with Crippen molar-refractivity contribution in [1.29, 1.82) is 0 Å². The van der Waals surface area contributed by atoms with Gasteiger partial charge in [-0.25, -0.2) is 9.59 Å². The number of nitrogens with zero attached hydrogens (tertiary/aromatic N) is 5. The highest BCUT2D eigenvalue weighted by atomic mass is 32.2. The number of nitrogens with two attached hydrogens (primary N) is 1. The number of piperazine rings is 1. The molecular weight excluding hydrogens is 684 g/mol. The van der Waals surface area contributed by atoms with E-state index in [1.807, 2.05) is 0 Å². The second kappa shape index (κ2) is 12.0. The summed E-state index contributed by atoms with van der Waals surface area (Å²) >= 11 is 2.08. The highest BCUT2D eigenvalue weighted by Crippen LogP contribution is 2.53. The highest BCUT2D eigenvalue weighted by Gasteiger charge is 2.49. The van der Waals surface area contributed by atoms with Gasteiger partial charge >= 0.3 is 24.1 Å². The van der Waals surface area contributed by atoms with E-state index >= 15 is 13.2 Å². The molecule has 48 heavy (non-hydrogen) atoms. The third-order valence-electron chi connectivity index (χ3n) is 8.88. The predicted octanol–water partition coefficient (Wildman–Crippen LogP) is 5.22. The predicted molar refractivity (Wildman–Crippen MR) is 171 cm³/mol. The number of hydrogen-bond acceptors (Lipinski definition) is 8. The van der Waals surface area contributed by atoms with E-state index in [4.69, 9.17) is 5.73 Å². The average molecular weight is 716 g/mol. The average Bonchev–Trinajstić information content (AvgIpc) is 3.31. The van der Waals surface area contributed by atoms with E-state index in [9.17, 15) is 27.6 Å². The molecular formula is C30H31F6N7O3S2. The molecule has 2 aromatic heterocycles. The molecule has 6 rings (SSSR count). The fourth-order valence-corrected chi connectivity index (χ4v) is 9.45. The lowest BCUT2D eigenvalue weighted by molar-refractivity contribution is -0.168. The second-order valence-corrected chi connectivity index (χ2v) is 14.3. The van der Waals surface area contributed by atoms with Gasteiger partial charge in [0.15, 0.2) is 0 Å². The third-order valence-corrected chi connectivity index (χ3v) is 11.1. The van der Waals surface area contributed by atoms with Crippen molar-refractivity contribution >= 4 is 57.4 Å². The summed E-state index contributed by atoms with van der Waals surface area (Å²) < 4.78 is 86.2. The first-order chi connectivity index (χ1) is 22.4. The number of carbonyl (C=O) groups excluding carboxylic acids is 2. The first kappa shape index (κ1) is 34.1. The van der Waals surface area contributed by atoms with Gasteiger partial charge < -0.3 is 20.9 Å². The number of thioether (sulfide) groups is 1. The Morgan fingerprint density at radius 2 is 1.79 bits per heavy atom. The van der Waals surface area contributed by atoms with Gasteiger partial charge in [-0.05, 0) is 26.0 Å². The van der Waals surface area contributed by atoms with Crippen molar-refractivity contribution in [3.05, 3.63) is 45.5 Å². The van der Waals surface area contributed by atoms with Crippen LogP contribution in [0.3, 0.4) is 0 Å². The Balaban J connectivity index is 1.58. The van der Waals surface area contributed by atoms with Gasteiger partial charge in [-0.3, -0.25) is 14.3 Å². The molecule has 3 N–H and O–H groups in total. The van der Waals surface area contributed by atoms with Crippen molar-refractivity contribution in [2.24, 2.45) is 11.1 Å². The van der Waals surface area contributed by atoms with E-state index < -0.39 is 53.7 Å². The molecule has 3 aliphatic heterocycles. The Morgan fingerprint density at radius 1 is 1.12 bits per heavy atom. The fraction of sp³-hybridized carbons (Fsp3) is 0.467. The van der Waals surface area contributed by atoms with Crippen LogP contribution in [0.4, 0.5) is 42.6 Å². The summed E-state index contributed by atoms with van der Waals surface area (Å²) in [6.07, 6.45) is -8.17.